The zero-order valence-corrected chi connectivity index (χ0v) is 15.3. The Kier molecular flexibility index (Phi) is 7.57. The van der Waals surface area contributed by atoms with Crippen molar-refractivity contribution in [2.45, 2.75) is 41.0 Å². The molecule has 1 fully saturated rings. The van der Waals surface area contributed by atoms with Gasteiger partial charge in [-0.1, -0.05) is 41.2 Å². The number of likely N-dealkylation sites (N-methyl/N-ethyl adjacent to an activating group) is 1. The maximum atomic E-state index is 12.0. The van der Waals surface area contributed by atoms with E-state index >= 15 is 0 Å². The van der Waals surface area contributed by atoms with Gasteiger partial charge in [-0.3, -0.25) is 14.6 Å². The second-order valence-electron chi connectivity index (χ2n) is 7.28. The standard InChI is InChI=1S/C18H35N3O/c1-7-19(8-2)15-16(3)21-13-11-20(12-14-21)10-9-17(22)18(4,5)6/h3,7-15H2,1-2,4-6H3. The van der Waals surface area contributed by atoms with Crippen molar-refractivity contribution in [2.24, 2.45) is 5.41 Å². The lowest BCUT2D eigenvalue weighted by Crippen LogP contribution is -2.47. The Morgan fingerprint density at radius 2 is 1.64 bits per heavy atom. The van der Waals surface area contributed by atoms with Gasteiger partial charge in [0.05, 0.1) is 0 Å². The largest absolute Gasteiger partial charge is 0.372 e. The summed E-state index contributed by atoms with van der Waals surface area (Å²) in [5.74, 6) is 0.362. The number of nitrogens with zero attached hydrogens (tertiary/aromatic N) is 3. The van der Waals surface area contributed by atoms with E-state index in [0.29, 0.717) is 12.2 Å². The van der Waals surface area contributed by atoms with Gasteiger partial charge in [-0.2, -0.15) is 0 Å². The van der Waals surface area contributed by atoms with Crippen LogP contribution in [-0.2, 0) is 4.79 Å². The number of ketones is 1. The van der Waals surface area contributed by atoms with Crippen molar-refractivity contribution < 1.29 is 4.79 Å². The molecule has 1 aliphatic heterocycles. The molecule has 0 amide bonds. The lowest BCUT2D eigenvalue weighted by Gasteiger charge is -2.38. The Hall–Kier alpha value is -0.870. The lowest BCUT2D eigenvalue weighted by atomic mass is 9.89. The van der Waals surface area contributed by atoms with Crippen molar-refractivity contribution in [3.63, 3.8) is 0 Å². The molecular formula is C18H35N3O. The zero-order chi connectivity index (χ0) is 16.8. The highest BCUT2D eigenvalue weighted by atomic mass is 16.1. The van der Waals surface area contributed by atoms with Crippen LogP contribution in [0.2, 0.25) is 0 Å². The van der Waals surface area contributed by atoms with Crippen LogP contribution in [0.5, 0.6) is 0 Å². The van der Waals surface area contributed by atoms with Gasteiger partial charge in [0.2, 0.25) is 0 Å². The second kappa shape index (κ2) is 8.68. The van der Waals surface area contributed by atoms with Gasteiger partial charge in [0.25, 0.3) is 0 Å². The summed E-state index contributed by atoms with van der Waals surface area (Å²) in [6.07, 6.45) is 0.671. The molecule has 0 atom stereocenters. The van der Waals surface area contributed by atoms with Crippen LogP contribution in [0, 0.1) is 5.41 Å². The van der Waals surface area contributed by atoms with Crippen LogP contribution in [0.3, 0.4) is 0 Å². The molecule has 128 valence electrons. The van der Waals surface area contributed by atoms with Crippen molar-refractivity contribution in [2.75, 3.05) is 52.4 Å². The Balaban J connectivity index is 2.31. The average molecular weight is 309 g/mol. The number of hydrogen-bond donors (Lipinski definition) is 0. The predicted molar refractivity (Wildman–Crippen MR) is 94.0 cm³/mol. The van der Waals surface area contributed by atoms with Gasteiger partial charge in [-0.25, -0.2) is 0 Å². The molecule has 4 nitrogen and oxygen atoms in total. The summed E-state index contributed by atoms with van der Waals surface area (Å²) < 4.78 is 0. The van der Waals surface area contributed by atoms with E-state index in [1.54, 1.807) is 0 Å². The molecule has 0 bridgehead atoms. The average Bonchev–Trinajstić information content (AvgIpc) is 2.49. The molecule has 0 aromatic carbocycles. The van der Waals surface area contributed by atoms with E-state index in [1.165, 1.54) is 5.70 Å². The number of piperazine rings is 1. The summed E-state index contributed by atoms with van der Waals surface area (Å²) in [6, 6.07) is 0. The van der Waals surface area contributed by atoms with Crippen LogP contribution < -0.4 is 0 Å². The van der Waals surface area contributed by atoms with Gasteiger partial charge in [-0.15, -0.1) is 0 Å². The quantitative estimate of drug-likeness (QED) is 0.688. The molecule has 1 rings (SSSR count). The number of hydrogen-bond acceptors (Lipinski definition) is 4. The Bertz CT molecular complexity index is 361. The molecular weight excluding hydrogens is 274 g/mol. The molecule has 0 aromatic heterocycles. The molecule has 0 spiro atoms. The van der Waals surface area contributed by atoms with Gasteiger partial charge < -0.3 is 4.90 Å². The summed E-state index contributed by atoms with van der Waals surface area (Å²) in [5.41, 5.74) is 1.02. The van der Waals surface area contributed by atoms with Crippen molar-refractivity contribution in [3.8, 4) is 0 Å². The van der Waals surface area contributed by atoms with Gasteiger partial charge in [0.15, 0.2) is 0 Å². The third kappa shape index (κ3) is 6.09. The number of Topliss-reactive ketones (excluding diaryl/α,β-unsaturated/α-hetero) is 1. The highest BCUT2D eigenvalue weighted by molar-refractivity contribution is 5.83. The highest BCUT2D eigenvalue weighted by Gasteiger charge is 2.23. The van der Waals surface area contributed by atoms with Crippen LogP contribution >= 0.6 is 0 Å². The Morgan fingerprint density at radius 1 is 1.09 bits per heavy atom. The first-order valence-electron chi connectivity index (χ1n) is 8.68. The number of carbonyl (C=O) groups excluding carboxylic acids is 1. The van der Waals surface area contributed by atoms with Crippen LogP contribution in [-0.4, -0.2) is 72.8 Å². The Morgan fingerprint density at radius 3 is 2.09 bits per heavy atom. The molecule has 0 N–H and O–H groups in total. The summed E-state index contributed by atoms with van der Waals surface area (Å²) in [6.45, 7) is 22.8. The molecule has 0 saturated carbocycles. The molecule has 1 aliphatic rings. The maximum absolute atomic E-state index is 12.0. The summed E-state index contributed by atoms with van der Waals surface area (Å²) in [4.78, 5) is 19.2. The second-order valence-corrected chi connectivity index (χ2v) is 7.28. The molecule has 0 unspecified atom stereocenters. The van der Waals surface area contributed by atoms with Crippen LogP contribution in [0.25, 0.3) is 0 Å². The van der Waals surface area contributed by atoms with Crippen molar-refractivity contribution in [1.29, 1.82) is 0 Å². The van der Waals surface area contributed by atoms with Crippen LogP contribution in [0.15, 0.2) is 12.3 Å². The van der Waals surface area contributed by atoms with Gasteiger partial charge in [-0.05, 0) is 13.1 Å². The minimum absolute atomic E-state index is 0.208. The third-order valence-corrected chi connectivity index (χ3v) is 4.61. The fourth-order valence-electron chi connectivity index (χ4n) is 2.73. The third-order valence-electron chi connectivity index (χ3n) is 4.61. The Labute approximate surface area is 137 Å². The van der Waals surface area contributed by atoms with E-state index < -0.39 is 0 Å². The van der Waals surface area contributed by atoms with E-state index in [-0.39, 0.29) is 5.41 Å². The topological polar surface area (TPSA) is 26.8 Å². The van der Waals surface area contributed by atoms with Crippen molar-refractivity contribution >= 4 is 5.78 Å². The van der Waals surface area contributed by atoms with Crippen LogP contribution in [0.4, 0.5) is 0 Å². The minimum atomic E-state index is -0.208. The lowest BCUT2D eigenvalue weighted by molar-refractivity contribution is -0.126. The van der Waals surface area contributed by atoms with E-state index in [4.69, 9.17) is 0 Å². The molecule has 0 aliphatic carbocycles. The van der Waals surface area contributed by atoms with Gasteiger partial charge in [0.1, 0.15) is 5.78 Å². The van der Waals surface area contributed by atoms with Gasteiger partial charge >= 0.3 is 0 Å². The fourth-order valence-corrected chi connectivity index (χ4v) is 2.73. The summed E-state index contributed by atoms with van der Waals surface area (Å²) in [7, 11) is 0. The van der Waals surface area contributed by atoms with E-state index in [0.717, 1.165) is 52.4 Å². The molecule has 0 aromatic rings. The zero-order valence-electron chi connectivity index (χ0n) is 15.3. The van der Waals surface area contributed by atoms with Gasteiger partial charge in [0, 0.05) is 56.8 Å². The van der Waals surface area contributed by atoms with Crippen molar-refractivity contribution in [1.82, 2.24) is 14.7 Å². The minimum Gasteiger partial charge on any atom is -0.372 e. The van der Waals surface area contributed by atoms with E-state index in [2.05, 4.69) is 35.1 Å². The van der Waals surface area contributed by atoms with E-state index in [9.17, 15) is 4.79 Å². The summed E-state index contributed by atoms with van der Waals surface area (Å²) >= 11 is 0. The number of rotatable bonds is 8. The molecule has 1 saturated heterocycles. The fraction of sp³-hybridized carbons (Fsp3) is 0.833. The SMILES string of the molecule is C=C(CN(CC)CC)N1CCN(CCC(=O)C(C)(C)C)CC1. The van der Waals surface area contributed by atoms with Crippen LogP contribution in [0.1, 0.15) is 41.0 Å². The molecule has 0 radical (unpaired) electrons. The van der Waals surface area contributed by atoms with E-state index in [1.807, 2.05) is 20.8 Å². The predicted octanol–water partition coefficient (Wildman–Crippen LogP) is 2.46. The maximum Gasteiger partial charge on any atom is 0.139 e. The summed E-state index contributed by atoms with van der Waals surface area (Å²) in [5, 5.41) is 0. The molecule has 22 heavy (non-hydrogen) atoms. The monoisotopic (exact) mass is 309 g/mol. The molecule has 1 heterocycles. The number of carbonyl (C=O) groups is 1. The first-order valence-corrected chi connectivity index (χ1v) is 8.68. The first kappa shape index (κ1) is 19.2. The molecule has 4 heteroatoms. The normalized spacial score (nSPS) is 17.1. The first-order chi connectivity index (χ1) is 10.3. The van der Waals surface area contributed by atoms with Crippen molar-refractivity contribution in [3.05, 3.63) is 12.3 Å². The smallest absolute Gasteiger partial charge is 0.139 e. The highest BCUT2D eigenvalue weighted by Crippen LogP contribution is 2.17.